The van der Waals surface area contributed by atoms with Crippen molar-refractivity contribution in [2.24, 2.45) is 0 Å². The van der Waals surface area contributed by atoms with Crippen LogP contribution in [0.5, 0.6) is 0 Å². The van der Waals surface area contributed by atoms with Gasteiger partial charge in [-0.1, -0.05) is 48.0 Å². The molecule has 46 heavy (non-hydrogen) atoms. The van der Waals surface area contributed by atoms with Crippen molar-refractivity contribution in [2.75, 3.05) is 37.6 Å². The number of carbonyl (C=O) groups excluding carboxylic acids is 1. The van der Waals surface area contributed by atoms with E-state index in [2.05, 4.69) is 4.90 Å². The minimum Gasteiger partial charge on any atom is -0.475 e. The first-order chi connectivity index (χ1) is 21.7. The van der Waals surface area contributed by atoms with E-state index in [1.807, 2.05) is 76.2 Å². The molecule has 1 aromatic heterocycles. The summed E-state index contributed by atoms with van der Waals surface area (Å²) in [6.45, 7) is 11.6. The van der Waals surface area contributed by atoms with Crippen molar-refractivity contribution in [2.45, 2.75) is 58.1 Å². The summed E-state index contributed by atoms with van der Waals surface area (Å²) in [6, 6.07) is 20.3. The summed E-state index contributed by atoms with van der Waals surface area (Å²) in [5.74, 6) is -1.41. The largest absolute Gasteiger partial charge is 0.475 e. The van der Waals surface area contributed by atoms with Gasteiger partial charge in [-0.05, 0) is 76.4 Å². The number of rotatable bonds is 9. The zero-order chi connectivity index (χ0) is 33.2. The molecule has 0 spiro atoms. The van der Waals surface area contributed by atoms with E-state index in [0.717, 1.165) is 22.4 Å². The van der Waals surface area contributed by atoms with Crippen LogP contribution >= 0.6 is 0 Å². The number of hydrogen-bond acceptors (Lipinski definition) is 7. The number of amides is 1. The molecule has 0 bridgehead atoms. The summed E-state index contributed by atoms with van der Waals surface area (Å²) < 4.78 is 41.2. The van der Waals surface area contributed by atoms with Gasteiger partial charge in [-0.2, -0.15) is 4.31 Å². The first-order valence-corrected chi connectivity index (χ1v) is 16.8. The molecule has 10 nitrogen and oxygen atoms in total. The first kappa shape index (κ1) is 33.0. The summed E-state index contributed by atoms with van der Waals surface area (Å²) >= 11 is 0. The molecule has 3 aromatic carbocycles. The van der Waals surface area contributed by atoms with Gasteiger partial charge < -0.3 is 24.1 Å². The number of nitrogens with zero attached hydrogens (tertiary/aromatic N) is 3. The fraction of sp³-hybridized carbons (Fsp3) is 0.371. The topological polar surface area (TPSA) is 121 Å². The number of aryl methyl sites for hydroxylation is 2. The van der Waals surface area contributed by atoms with E-state index in [0.29, 0.717) is 49.1 Å². The van der Waals surface area contributed by atoms with Crippen molar-refractivity contribution in [3.05, 3.63) is 94.7 Å². The van der Waals surface area contributed by atoms with E-state index in [1.165, 1.54) is 22.5 Å². The molecule has 0 aliphatic carbocycles. The SMILES string of the molecule is Cc1ccc(CCN(Cc2ccccc2N2CCN(C(=O)OC(C)(C)C)CC2)S(=O)(=O)c2ccc3oc(C(=O)O)c(C)c3c2)cc1. The molecule has 1 aliphatic heterocycles. The van der Waals surface area contributed by atoms with Gasteiger partial charge in [0.2, 0.25) is 15.8 Å². The Hall–Kier alpha value is -4.35. The molecule has 0 saturated carbocycles. The summed E-state index contributed by atoms with van der Waals surface area (Å²) in [5.41, 5.74) is 4.01. The molecule has 244 valence electrons. The summed E-state index contributed by atoms with van der Waals surface area (Å²) in [4.78, 5) is 28.2. The van der Waals surface area contributed by atoms with Crippen LogP contribution in [0.1, 0.15) is 53.6 Å². The number of anilines is 1. The molecule has 1 amide bonds. The fourth-order valence-electron chi connectivity index (χ4n) is 5.61. The highest BCUT2D eigenvalue weighted by Crippen LogP contribution is 2.31. The summed E-state index contributed by atoms with van der Waals surface area (Å²) in [5, 5.41) is 9.96. The molecule has 1 aliphatic rings. The Balaban J connectivity index is 1.43. The maximum absolute atomic E-state index is 14.3. The monoisotopic (exact) mass is 647 g/mol. The Bertz CT molecular complexity index is 1830. The van der Waals surface area contributed by atoms with Crippen LogP contribution in [0.15, 0.2) is 76.0 Å². The zero-order valence-electron chi connectivity index (χ0n) is 26.9. The van der Waals surface area contributed by atoms with E-state index >= 15 is 0 Å². The minimum absolute atomic E-state index is 0.0631. The van der Waals surface area contributed by atoms with E-state index in [-0.39, 0.29) is 29.8 Å². The van der Waals surface area contributed by atoms with E-state index in [9.17, 15) is 23.1 Å². The Morgan fingerprint density at radius 1 is 0.957 bits per heavy atom. The van der Waals surface area contributed by atoms with Crippen LogP contribution in [-0.4, -0.2) is 73.1 Å². The van der Waals surface area contributed by atoms with Crippen molar-refractivity contribution in [3.8, 4) is 0 Å². The van der Waals surface area contributed by atoms with Gasteiger partial charge in [0.05, 0.1) is 4.90 Å². The highest BCUT2D eigenvalue weighted by atomic mass is 32.2. The van der Waals surface area contributed by atoms with Crippen molar-refractivity contribution >= 4 is 38.7 Å². The number of aromatic carboxylic acids is 1. The highest BCUT2D eigenvalue weighted by molar-refractivity contribution is 7.89. The number of benzene rings is 3. The predicted molar refractivity (Wildman–Crippen MR) is 177 cm³/mol. The number of carbonyl (C=O) groups is 2. The number of ether oxygens (including phenoxy) is 1. The number of furan rings is 1. The molecule has 2 heterocycles. The molecule has 1 fully saturated rings. The number of carboxylic acids is 1. The maximum Gasteiger partial charge on any atom is 0.410 e. The summed E-state index contributed by atoms with van der Waals surface area (Å²) in [7, 11) is -4.03. The van der Waals surface area contributed by atoms with Crippen molar-refractivity contribution in [1.82, 2.24) is 9.21 Å². The fourth-order valence-corrected chi connectivity index (χ4v) is 7.05. The second kappa shape index (κ2) is 13.2. The third kappa shape index (κ3) is 7.37. The molecular formula is C35H41N3O7S. The van der Waals surface area contributed by atoms with Crippen LogP contribution in [0, 0.1) is 13.8 Å². The molecule has 0 unspecified atom stereocenters. The predicted octanol–water partition coefficient (Wildman–Crippen LogP) is 6.24. The van der Waals surface area contributed by atoms with Crippen LogP contribution in [-0.2, 0) is 27.7 Å². The van der Waals surface area contributed by atoms with Gasteiger partial charge in [0.25, 0.3) is 0 Å². The van der Waals surface area contributed by atoms with Crippen LogP contribution in [0.4, 0.5) is 10.5 Å². The van der Waals surface area contributed by atoms with Gasteiger partial charge in [0, 0.05) is 55.9 Å². The van der Waals surface area contributed by atoms with Crippen LogP contribution < -0.4 is 4.90 Å². The number of para-hydroxylation sites is 1. The number of piperazine rings is 1. The van der Waals surface area contributed by atoms with Gasteiger partial charge >= 0.3 is 12.1 Å². The van der Waals surface area contributed by atoms with E-state index in [1.54, 1.807) is 11.8 Å². The second-order valence-corrected chi connectivity index (χ2v) is 14.6. The van der Waals surface area contributed by atoms with Gasteiger partial charge in [-0.15, -0.1) is 0 Å². The normalized spacial score (nSPS) is 14.2. The van der Waals surface area contributed by atoms with Gasteiger partial charge in [-0.3, -0.25) is 0 Å². The van der Waals surface area contributed by atoms with E-state index < -0.39 is 21.6 Å². The van der Waals surface area contributed by atoms with Gasteiger partial charge in [0.1, 0.15) is 11.2 Å². The number of sulfonamides is 1. The molecule has 0 radical (unpaired) electrons. The molecule has 5 rings (SSSR count). The average molecular weight is 648 g/mol. The number of fused-ring (bicyclic) bond motifs is 1. The first-order valence-electron chi connectivity index (χ1n) is 15.4. The molecule has 11 heteroatoms. The third-order valence-electron chi connectivity index (χ3n) is 8.12. The molecular weight excluding hydrogens is 606 g/mol. The highest BCUT2D eigenvalue weighted by Gasteiger charge is 2.30. The Morgan fingerprint density at radius 2 is 1.63 bits per heavy atom. The van der Waals surface area contributed by atoms with Crippen molar-refractivity contribution in [1.29, 1.82) is 0 Å². The molecule has 0 atom stereocenters. The lowest BCUT2D eigenvalue weighted by Crippen LogP contribution is -2.50. The zero-order valence-corrected chi connectivity index (χ0v) is 27.8. The second-order valence-electron chi connectivity index (χ2n) is 12.7. The number of hydrogen-bond donors (Lipinski definition) is 1. The van der Waals surface area contributed by atoms with E-state index in [4.69, 9.17) is 9.15 Å². The molecule has 1 N–H and O–H groups in total. The lowest BCUT2D eigenvalue weighted by molar-refractivity contribution is 0.0240. The Labute approximate surface area is 270 Å². The van der Waals surface area contributed by atoms with Crippen LogP contribution in [0.25, 0.3) is 11.0 Å². The van der Waals surface area contributed by atoms with Crippen LogP contribution in [0.2, 0.25) is 0 Å². The Morgan fingerprint density at radius 3 is 2.28 bits per heavy atom. The lowest BCUT2D eigenvalue weighted by Gasteiger charge is -2.38. The van der Waals surface area contributed by atoms with Crippen molar-refractivity contribution in [3.63, 3.8) is 0 Å². The quantitative estimate of drug-likeness (QED) is 0.227. The summed E-state index contributed by atoms with van der Waals surface area (Å²) in [6.07, 6.45) is 0.168. The Kier molecular flexibility index (Phi) is 9.46. The van der Waals surface area contributed by atoms with Crippen molar-refractivity contribution < 1.29 is 32.3 Å². The van der Waals surface area contributed by atoms with Gasteiger partial charge in [0.15, 0.2) is 0 Å². The maximum atomic E-state index is 14.3. The smallest absolute Gasteiger partial charge is 0.410 e. The lowest BCUT2D eigenvalue weighted by atomic mass is 10.1. The minimum atomic E-state index is -4.03. The van der Waals surface area contributed by atoms with Gasteiger partial charge in [-0.25, -0.2) is 18.0 Å². The van der Waals surface area contributed by atoms with Crippen LogP contribution in [0.3, 0.4) is 0 Å². The number of carboxylic acid groups (broad SMARTS) is 1. The molecule has 4 aromatic rings. The molecule has 1 saturated heterocycles. The average Bonchev–Trinajstić information content (AvgIpc) is 3.35. The third-order valence-corrected chi connectivity index (χ3v) is 9.96. The standard InChI is InChI=1S/C35H41N3O7S/c1-24-10-12-26(13-11-24)16-17-38(46(42,43)28-14-15-31-29(22-28)25(2)32(44-31)33(39)40)23-27-8-6-7-9-30(27)36-18-20-37(21-19-36)34(41)45-35(3,4)5/h6-15,22H,16-21,23H2,1-5H3,(H,39,40).